The molecule has 170 valence electrons. The van der Waals surface area contributed by atoms with E-state index >= 15 is 0 Å². The fourth-order valence-corrected chi connectivity index (χ4v) is 3.87. The van der Waals surface area contributed by atoms with Crippen LogP contribution in [-0.2, 0) is 9.53 Å². The summed E-state index contributed by atoms with van der Waals surface area (Å²) in [5, 5.41) is 17.3. The van der Waals surface area contributed by atoms with Crippen LogP contribution in [0.5, 0.6) is 0 Å². The van der Waals surface area contributed by atoms with Crippen molar-refractivity contribution in [3.05, 3.63) is 71.4 Å². The Labute approximate surface area is 189 Å². The Morgan fingerprint density at radius 1 is 1.00 bits per heavy atom. The molecule has 1 aromatic heterocycles. The lowest BCUT2D eigenvalue weighted by Crippen LogP contribution is -2.24. The fourth-order valence-electron chi connectivity index (χ4n) is 3.87. The summed E-state index contributed by atoms with van der Waals surface area (Å²) in [5.41, 5.74) is 4.48. The molecule has 9 nitrogen and oxygen atoms in total. The Balaban J connectivity index is 1.28. The number of carbonyl (C=O) groups is 3. The van der Waals surface area contributed by atoms with E-state index in [1.54, 1.807) is 0 Å². The second kappa shape index (κ2) is 9.99. The first-order chi connectivity index (χ1) is 16.0. The van der Waals surface area contributed by atoms with Crippen molar-refractivity contribution >= 4 is 23.9 Å². The number of carboxylic acid groups (broad SMARTS) is 1. The summed E-state index contributed by atoms with van der Waals surface area (Å²) in [6.07, 6.45) is 0.325. The van der Waals surface area contributed by atoms with E-state index in [1.807, 2.05) is 36.4 Å². The molecule has 0 spiro atoms. The van der Waals surface area contributed by atoms with Crippen LogP contribution in [0.25, 0.3) is 11.1 Å². The zero-order chi connectivity index (χ0) is 23.2. The number of benzene rings is 2. The molecule has 0 unspecified atom stereocenters. The number of nitrogens with one attached hydrogen (secondary N) is 2. The molecule has 1 aliphatic rings. The highest BCUT2D eigenvalue weighted by Crippen LogP contribution is 2.44. The Hall–Kier alpha value is -4.14. The number of carbonyl (C=O) groups excluding carboxylic acids is 2. The van der Waals surface area contributed by atoms with E-state index in [-0.39, 0.29) is 30.5 Å². The molecule has 9 heteroatoms. The van der Waals surface area contributed by atoms with E-state index in [0.29, 0.717) is 19.4 Å². The quantitative estimate of drug-likeness (QED) is 0.421. The molecule has 2 aromatic carbocycles. The number of amides is 2. The van der Waals surface area contributed by atoms with Gasteiger partial charge >= 0.3 is 12.1 Å². The van der Waals surface area contributed by atoms with Crippen molar-refractivity contribution in [1.82, 2.24) is 10.5 Å². The third-order valence-corrected chi connectivity index (χ3v) is 5.41. The van der Waals surface area contributed by atoms with E-state index in [9.17, 15) is 14.4 Å². The lowest BCUT2D eigenvalue weighted by atomic mass is 9.98. The van der Waals surface area contributed by atoms with Crippen LogP contribution in [0.2, 0.25) is 0 Å². The molecule has 1 aliphatic carbocycles. The number of aromatic nitrogens is 1. The first-order valence-corrected chi connectivity index (χ1v) is 10.6. The van der Waals surface area contributed by atoms with Gasteiger partial charge in [-0.05, 0) is 35.1 Å². The average molecular weight is 449 g/mol. The van der Waals surface area contributed by atoms with E-state index in [1.165, 1.54) is 6.07 Å². The highest BCUT2D eigenvalue weighted by molar-refractivity contribution is 5.93. The summed E-state index contributed by atoms with van der Waals surface area (Å²) >= 11 is 0. The van der Waals surface area contributed by atoms with E-state index in [4.69, 9.17) is 14.4 Å². The summed E-state index contributed by atoms with van der Waals surface area (Å²) < 4.78 is 10.4. The number of aliphatic carboxylic acids is 1. The molecule has 0 bridgehead atoms. The van der Waals surface area contributed by atoms with Crippen molar-refractivity contribution in [3.8, 4) is 11.1 Å². The summed E-state index contributed by atoms with van der Waals surface area (Å²) in [6.45, 7) is 0.464. The summed E-state index contributed by atoms with van der Waals surface area (Å²) in [5.74, 6) is -1.43. The van der Waals surface area contributed by atoms with Gasteiger partial charge in [0.1, 0.15) is 6.61 Å². The Bertz CT molecular complexity index is 1130. The minimum Gasteiger partial charge on any atom is -0.481 e. The van der Waals surface area contributed by atoms with Gasteiger partial charge in [0.25, 0.3) is 5.91 Å². The molecule has 0 radical (unpaired) electrons. The molecule has 2 amide bonds. The van der Waals surface area contributed by atoms with Crippen LogP contribution in [0, 0.1) is 0 Å². The van der Waals surface area contributed by atoms with Crippen molar-refractivity contribution in [2.45, 2.75) is 25.2 Å². The molecular formula is C24H23N3O6. The van der Waals surface area contributed by atoms with Crippen LogP contribution in [-0.4, -0.2) is 41.4 Å². The van der Waals surface area contributed by atoms with E-state index < -0.39 is 18.0 Å². The SMILES string of the molecule is O=C(O)CCCCNC(=O)c1cc(NC(=O)OCC2c3ccccc3-c3ccccc32)on1. The van der Waals surface area contributed by atoms with Gasteiger partial charge in [-0.3, -0.25) is 14.9 Å². The van der Waals surface area contributed by atoms with Crippen molar-refractivity contribution in [1.29, 1.82) is 0 Å². The van der Waals surface area contributed by atoms with Gasteiger partial charge in [0.05, 0.1) is 0 Å². The largest absolute Gasteiger partial charge is 0.481 e. The topological polar surface area (TPSA) is 131 Å². The molecular weight excluding hydrogens is 426 g/mol. The first-order valence-electron chi connectivity index (χ1n) is 10.6. The predicted octanol–water partition coefficient (Wildman–Crippen LogP) is 4.02. The van der Waals surface area contributed by atoms with Crippen molar-refractivity contribution < 1.29 is 28.8 Å². The van der Waals surface area contributed by atoms with Crippen molar-refractivity contribution in [2.24, 2.45) is 0 Å². The smallest absolute Gasteiger partial charge is 0.414 e. The van der Waals surface area contributed by atoms with Gasteiger partial charge in [-0.1, -0.05) is 53.7 Å². The van der Waals surface area contributed by atoms with Crippen LogP contribution in [0.4, 0.5) is 10.7 Å². The number of anilines is 1. The van der Waals surface area contributed by atoms with Crippen LogP contribution in [0.3, 0.4) is 0 Å². The van der Waals surface area contributed by atoms with Gasteiger partial charge < -0.3 is 19.7 Å². The molecule has 0 saturated heterocycles. The fraction of sp³-hybridized carbons (Fsp3) is 0.250. The van der Waals surface area contributed by atoms with Crippen LogP contribution >= 0.6 is 0 Å². The van der Waals surface area contributed by atoms with Gasteiger partial charge in [-0.25, -0.2) is 4.79 Å². The van der Waals surface area contributed by atoms with Crippen molar-refractivity contribution in [3.63, 3.8) is 0 Å². The molecule has 1 heterocycles. The third-order valence-electron chi connectivity index (χ3n) is 5.41. The van der Waals surface area contributed by atoms with E-state index in [2.05, 4.69) is 27.9 Å². The number of rotatable bonds is 9. The van der Waals surface area contributed by atoms with Gasteiger partial charge in [-0.2, -0.15) is 0 Å². The number of carboxylic acids is 1. The van der Waals surface area contributed by atoms with Gasteiger partial charge in [-0.15, -0.1) is 0 Å². The van der Waals surface area contributed by atoms with Gasteiger partial charge in [0.15, 0.2) is 5.69 Å². The Morgan fingerprint density at radius 2 is 1.67 bits per heavy atom. The number of hydrogen-bond acceptors (Lipinski definition) is 6. The minimum absolute atomic E-state index is 0.00202. The highest BCUT2D eigenvalue weighted by Gasteiger charge is 2.29. The third kappa shape index (κ3) is 5.20. The molecule has 3 N–H and O–H groups in total. The monoisotopic (exact) mass is 449 g/mol. The minimum atomic E-state index is -0.873. The number of unbranched alkanes of at least 4 members (excludes halogenated alkanes) is 1. The molecule has 4 rings (SSSR count). The molecule has 0 saturated carbocycles. The molecule has 0 atom stereocenters. The summed E-state index contributed by atoms with van der Waals surface area (Å²) in [4.78, 5) is 34.9. The van der Waals surface area contributed by atoms with Crippen LogP contribution in [0.1, 0.15) is 46.8 Å². The standard InChI is InChI=1S/C24H23N3O6/c28-22(29)11-5-6-12-25-23(30)20-13-21(33-27-20)26-24(31)32-14-19-17-9-3-1-7-15(17)16-8-2-4-10-18(16)19/h1-4,7-10,13,19H,5-6,11-12,14H2,(H,25,30)(H,26,31)(H,28,29). The maximum absolute atomic E-state index is 12.3. The van der Waals surface area contributed by atoms with Crippen LogP contribution < -0.4 is 10.6 Å². The molecule has 33 heavy (non-hydrogen) atoms. The van der Waals surface area contributed by atoms with E-state index in [0.717, 1.165) is 22.3 Å². The molecule has 0 fully saturated rings. The zero-order valence-electron chi connectivity index (χ0n) is 17.7. The second-order valence-electron chi connectivity index (χ2n) is 7.63. The normalized spacial score (nSPS) is 12.0. The molecule has 0 aliphatic heterocycles. The lowest BCUT2D eigenvalue weighted by Gasteiger charge is -2.13. The van der Waals surface area contributed by atoms with Crippen molar-refractivity contribution in [2.75, 3.05) is 18.5 Å². The number of nitrogens with zero attached hydrogens (tertiary/aromatic N) is 1. The Kier molecular flexibility index (Phi) is 6.68. The molecule has 3 aromatic rings. The number of hydrogen-bond donors (Lipinski definition) is 3. The summed E-state index contributed by atoms with van der Waals surface area (Å²) in [6, 6.07) is 17.4. The average Bonchev–Trinajstić information content (AvgIpc) is 3.40. The van der Waals surface area contributed by atoms with Crippen LogP contribution in [0.15, 0.2) is 59.1 Å². The Morgan fingerprint density at radius 3 is 2.33 bits per heavy atom. The second-order valence-corrected chi connectivity index (χ2v) is 7.63. The predicted molar refractivity (Wildman–Crippen MR) is 119 cm³/mol. The zero-order valence-corrected chi connectivity index (χ0v) is 17.7. The number of fused-ring (bicyclic) bond motifs is 3. The lowest BCUT2D eigenvalue weighted by molar-refractivity contribution is -0.137. The van der Waals surface area contributed by atoms with Gasteiger partial charge in [0, 0.05) is 24.9 Å². The maximum Gasteiger partial charge on any atom is 0.414 e. The highest BCUT2D eigenvalue weighted by atomic mass is 16.6. The number of ether oxygens (including phenoxy) is 1. The maximum atomic E-state index is 12.3. The van der Waals surface area contributed by atoms with Gasteiger partial charge in [0.2, 0.25) is 5.88 Å². The first kappa shape index (κ1) is 22.1. The summed E-state index contributed by atoms with van der Waals surface area (Å²) in [7, 11) is 0.